The zero-order chi connectivity index (χ0) is 44.8. The molecule has 7 N–H and O–H groups in total. The number of phenolic OH excluding ortho intramolecular Hbond substituents is 1. The maximum absolute atomic E-state index is 13.5. The van der Waals surface area contributed by atoms with Crippen LogP contribution in [-0.4, -0.2) is 121 Å². The predicted molar refractivity (Wildman–Crippen MR) is 232 cm³/mol. The summed E-state index contributed by atoms with van der Waals surface area (Å²) in [6, 6.07) is 25.2. The van der Waals surface area contributed by atoms with Crippen molar-refractivity contribution in [2.24, 2.45) is 4.99 Å². The molecular formula is C46H48N8O10. The smallest absolute Gasteiger partial charge is 0.321 e. The van der Waals surface area contributed by atoms with Crippen LogP contribution in [0.1, 0.15) is 41.5 Å². The number of benzene rings is 4. The minimum Gasteiger partial charge on any atom is -0.504 e. The molecule has 18 nitrogen and oxygen atoms in total. The van der Waals surface area contributed by atoms with Gasteiger partial charge in [0.2, 0.25) is 12.1 Å². The number of hydrogen-bond donors (Lipinski definition) is 7. The largest absolute Gasteiger partial charge is 0.504 e. The molecule has 5 aliphatic rings. The Morgan fingerprint density at radius 3 is 2.44 bits per heavy atom. The number of carbonyl (C=O) groups excluding carboxylic acids is 5. The number of hydrazine groups is 1. The van der Waals surface area contributed by atoms with E-state index in [9.17, 15) is 34.2 Å². The number of likely N-dealkylation sites (N-methyl/N-ethyl adjacent to an activating group) is 2. The number of hydrogen-bond acceptors (Lipinski definition) is 12. The second-order valence-electron chi connectivity index (χ2n) is 16.7. The number of nitrogens with one attached hydrogen (secondary N) is 5. The fourth-order valence-corrected chi connectivity index (χ4v) is 10.1. The number of urea groups is 1. The number of likely N-dealkylation sites (tertiary alicyclic amines) is 1. The second kappa shape index (κ2) is 16.9. The summed E-state index contributed by atoms with van der Waals surface area (Å²) in [6.45, 7) is -0.765. The fraction of sp³-hybridized carbons (Fsp3) is 0.348. The number of nitrogens with zero attached hydrogens (tertiary/aromatic N) is 3. The molecule has 3 heterocycles. The number of aliphatic hydroxyl groups is 1. The first kappa shape index (κ1) is 42.3. The average molecular weight is 873 g/mol. The molecule has 18 heteroatoms. The molecular weight excluding hydrogens is 825 g/mol. The van der Waals surface area contributed by atoms with E-state index in [0.29, 0.717) is 48.5 Å². The molecule has 6 amide bonds. The lowest BCUT2D eigenvalue weighted by Gasteiger charge is -2.63. The zero-order valence-electron chi connectivity index (χ0n) is 35.1. The monoisotopic (exact) mass is 872 g/mol. The molecule has 0 radical (unpaired) electrons. The van der Waals surface area contributed by atoms with E-state index >= 15 is 0 Å². The average Bonchev–Trinajstić information content (AvgIpc) is 3.61. The van der Waals surface area contributed by atoms with Gasteiger partial charge in [0, 0.05) is 41.5 Å². The van der Waals surface area contributed by atoms with Gasteiger partial charge in [0.25, 0.3) is 17.7 Å². The quantitative estimate of drug-likeness (QED) is 0.108. The summed E-state index contributed by atoms with van der Waals surface area (Å²) in [5, 5.41) is 31.4. The van der Waals surface area contributed by atoms with Crippen LogP contribution in [0, 0.1) is 0 Å². The van der Waals surface area contributed by atoms with Crippen molar-refractivity contribution >= 4 is 46.7 Å². The van der Waals surface area contributed by atoms with Crippen LogP contribution in [0.5, 0.6) is 17.2 Å². The highest BCUT2D eigenvalue weighted by Gasteiger charge is 2.72. The Balaban J connectivity index is 0.725. The zero-order valence-corrected chi connectivity index (χ0v) is 35.1. The fourth-order valence-electron chi connectivity index (χ4n) is 10.1. The number of carbonyl (C=O) groups is 5. The van der Waals surface area contributed by atoms with Gasteiger partial charge in [0.15, 0.2) is 18.1 Å². The van der Waals surface area contributed by atoms with E-state index < -0.39 is 78.8 Å². The third-order valence-electron chi connectivity index (χ3n) is 13.0. The number of piperidine rings is 1. The molecule has 1 unspecified atom stereocenters. The van der Waals surface area contributed by atoms with Gasteiger partial charge in [-0.15, -0.1) is 0 Å². The highest BCUT2D eigenvalue weighted by molar-refractivity contribution is 6.20. The Morgan fingerprint density at radius 2 is 1.62 bits per heavy atom. The van der Waals surface area contributed by atoms with Crippen LogP contribution in [0.15, 0.2) is 96.0 Å². The van der Waals surface area contributed by atoms with Crippen LogP contribution < -0.4 is 41.2 Å². The van der Waals surface area contributed by atoms with Crippen molar-refractivity contribution in [2.75, 3.05) is 50.7 Å². The molecule has 0 aromatic heterocycles. The van der Waals surface area contributed by atoms with Crippen molar-refractivity contribution in [3.05, 3.63) is 113 Å². The number of benzodiazepines with no additional fused rings is 1. The van der Waals surface area contributed by atoms with E-state index in [4.69, 9.17) is 14.2 Å². The van der Waals surface area contributed by atoms with Crippen LogP contribution in [-0.2, 0) is 35.8 Å². The summed E-state index contributed by atoms with van der Waals surface area (Å²) in [5.74, 6) is -1.75. The molecule has 2 bridgehead atoms. The highest BCUT2D eigenvalue weighted by Crippen LogP contribution is 2.65. The van der Waals surface area contributed by atoms with Gasteiger partial charge in [-0.25, -0.2) is 9.79 Å². The minimum absolute atomic E-state index is 0.00370. The Morgan fingerprint density at radius 1 is 0.875 bits per heavy atom. The molecule has 2 fully saturated rings. The molecule has 64 heavy (non-hydrogen) atoms. The van der Waals surface area contributed by atoms with Gasteiger partial charge in [-0.05, 0) is 69.1 Å². The minimum atomic E-state index is -1.24. The van der Waals surface area contributed by atoms with E-state index in [1.807, 2.05) is 67.7 Å². The first-order valence-electron chi connectivity index (χ1n) is 21.1. The number of ether oxygens (including phenoxy) is 3. The van der Waals surface area contributed by atoms with Gasteiger partial charge in [-0.2, -0.15) is 0 Å². The van der Waals surface area contributed by atoms with Crippen LogP contribution in [0.25, 0.3) is 0 Å². The van der Waals surface area contributed by atoms with Gasteiger partial charge in [0.1, 0.15) is 25.1 Å². The van der Waals surface area contributed by atoms with Crippen LogP contribution in [0.2, 0.25) is 0 Å². The first-order valence-corrected chi connectivity index (χ1v) is 21.1. The summed E-state index contributed by atoms with van der Waals surface area (Å²) in [7, 11) is 3.64. The number of amides is 6. The maximum atomic E-state index is 13.5. The van der Waals surface area contributed by atoms with E-state index in [-0.39, 0.29) is 17.5 Å². The third kappa shape index (κ3) is 7.52. The number of aliphatic imine (C=N–C) groups is 1. The van der Waals surface area contributed by atoms with Gasteiger partial charge in [0.05, 0.1) is 28.5 Å². The number of anilines is 2. The Bertz CT molecular complexity index is 2560. The lowest BCUT2D eigenvalue weighted by Crippen LogP contribution is -2.77. The van der Waals surface area contributed by atoms with E-state index in [2.05, 4.69) is 36.7 Å². The molecule has 6 atom stereocenters. The molecule has 1 spiro atoms. The number of aromatic hydroxyl groups is 1. The van der Waals surface area contributed by atoms with Crippen molar-refractivity contribution in [1.82, 2.24) is 26.4 Å². The molecule has 1 saturated heterocycles. The summed E-state index contributed by atoms with van der Waals surface area (Å²) in [4.78, 5) is 73.1. The first-order chi connectivity index (χ1) is 30.9. The van der Waals surface area contributed by atoms with E-state index in [0.717, 1.165) is 28.8 Å². The molecule has 4 aromatic carbocycles. The lowest BCUT2D eigenvalue weighted by molar-refractivity contribution is -0.187. The van der Waals surface area contributed by atoms with Gasteiger partial charge < -0.3 is 50.2 Å². The summed E-state index contributed by atoms with van der Waals surface area (Å²) in [5.41, 5.74) is 7.43. The molecule has 3 aliphatic heterocycles. The third-order valence-corrected chi connectivity index (χ3v) is 13.0. The van der Waals surface area contributed by atoms with Gasteiger partial charge >= 0.3 is 6.03 Å². The highest BCUT2D eigenvalue weighted by atomic mass is 16.5. The van der Waals surface area contributed by atoms with Crippen molar-refractivity contribution in [1.29, 1.82) is 0 Å². The Labute approximate surface area is 367 Å². The number of fused-ring (bicyclic) bond motifs is 1. The van der Waals surface area contributed by atoms with Crippen molar-refractivity contribution in [3.8, 4) is 17.2 Å². The normalized spacial score (nSPS) is 25.0. The summed E-state index contributed by atoms with van der Waals surface area (Å²) < 4.78 is 17.3. The van der Waals surface area contributed by atoms with Crippen molar-refractivity contribution in [3.63, 3.8) is 0 Å². The molecule has 332 valence electrons. The van der Waals surface area contributed by atoms with Crippen LogP contribution in [0.3, 0.4) is 0 Å². The molecule has 9 rings (SSSR count). The number of rotatable bonds is 11. The summed E-state index contributed by atoms with van der Waals surface area (Å²) >= 11 is 0. The SMILES string of the molecule is CN1C(=O)[C@H](NC(=O)Nc2cccc(OCC(=O)NNC(=O)COCC(=O)N[C@H]3CC[C@@]4(O)C5Cc6ccc(O)c7c6[C@@]4(CCN5C)[C@H]3O7)c2)N=C(c2ccccc2)c2ccccc21. The molecule has 2 aliphatic carbocycles. The van der Waals surface area contributed by atoms with Crippen LogP contribution >= 0.6 is 0 Å². The maximum Gasteiger partial charge on any atom is 0.321 e. The molecule has 4 aromatic rings. The van der Waals surface area contributed by atoms with Crippen molar-refractivity contribution in [2.45, 2.75) is 61.1 Å². The molecule has 1 saturated carbocycles. The van der Waals surface area contributed by atoms with Crippen molar-refractivity contribution < 1.29 is 48.4 Å². The lowest BCUT2D eigenvalue weighted by atomic mass is 9.48. The predicted octanol–water partition coefficient (Wildman–Crippen LogP) is 1.87. The topological polar surface area (TPSA) is 232 Å². The van der Waals surface area contributed by atoms with E-state index in [1.165, 1.54) is 11.0 Å². The Kier molecular flexibility index (Phi) is 11.2. The van der Waals surface area contributed by atoms with Gasteiger partial charge in [-0.3, -0.25) is 30.0 Å². The van der Waals surface area contributed by atoms with Crippen LogP contribution in [0.4, 0.5) is 16.2 Å². The van der Waals surface area contributed by atoms with Gasteiger partial charge in [-0.1, -0.05) is 60.7 Å². The Hall–Kier alpha value is -7.02. The number of phenols is 1. The number of para-hydroxylation sites is 1. The van der Waals surface area contributed by atoms with E-state index in [1.54, 1.807) is 31.3 Å². The second-order valence-corrected chi connectivity index (χ2v) is 16.7. The summed E-state index contributed by atoms with van der Waals surface area (Å²) in [6.07, 6.45) is 0.250. The standard InChI is InChI=1S/C46H48N8O10/c1-53-20-19-45-38-27-15-16-33(55)40(38)64-41(45)31(17-18-46(45,61)34(53)21-27)48-35(56)23-62-24-36(57)51-52-37(58)25-63-29-12-8-11-28(22-29)47-44(60)50-42-43(59)54(2)32-14-7-6-13-30(32)39(49-42)26-9-4-3-5-10-26/h3-16,22,31,34,41-42,55,61H,17-21,23-25H2,1-2H3,(H,48,56)(H,51,57)(H,52,58)(H2,47,50,60)/t31-,34?,41-,42-,45-,46+/m0/s1.